The molecule has 0 atom stereocenters. The van der Waals surface area contributed by atoms with Gasteiger partial charge in [0.15, 0.2) is 0 Å². The van der Waals surface area contributed by atoms with Crippen LogP contribution in [0.1, 0.15) is 26.2 Å². The smallest absolute Gasteiger partial charge is 0.243 e. The molecule has 0 radical (unpaired) electrons. The molecule has 0 N–H and O–H groups in total. The maximum absolute atomic E-state index is 12.8. The van der Waals surface area contributed by atoms with Gasteiger partial charge in [-0.15, -0.1) is 11.8 Å². The number of thioether (sulfide) groups is 1. The highest BCUT2D eigenvalue weighted by Gasteiger charge is 2.27. The maximum atomic E-state index is 12.8. The van der Waals surface area contributed by atoms with Crippen LogP contribution in [0.5, 0.6) is 0 Å². The number of carbonyl (C=O) groups is 1. The molecule has 1 aliphatic heterocycles. The van der Waals surface area contributed by atoms with Crippen LogP contribution in [0.15, 0.2) is 34.1 Å². The van der Waals surface area contributed by atoms with Crippen molar-refractivity contribution >= 4 is 27.7 Å². The fourth-order valence-electron chi connectivity index (χ4n) is 2.65. The van der Waals surface area contributed by atoms with Gasteiger partial charge in [-0.05, 0) is 43.4 Å². The molecule has 0 aromatic heterocycles. The van der Waals surface area contributed by atoms with Crippen molar-refractivity contribution in [2.45, 2.75) is 36.0 Å². The van der Waals surface area contributed by atoms with Gasteiger partial charge in [-0.2, -0.15) is 4.31 Å². The van der Waals surface area contributed by atoms with E-state index in [0.717, 1.165) is 11.3 Å². The molecular formula is C16H24N2O3S2. The minimum atomic E-state index is -3.49. The Labute approximate surface area is 143 Å². The minimum Gasteiger partial charge on any atom is -0.341 e. The zero-order valence-electron chi connectivity index (χ0n) is 13.7. The number of carbonyl (C=O) groups excluding carboxylic acids is 1. The van der Waals surface area contributed by atoms with Crippen LogP contribution in [0.3, 0.4) is 0 Å². The lowest BCUT2D eigenvalue weighted by molar-refractivity contribution is -0.131. The molecule has 0 spiro atoms. The fraction of sp³-hybridized carbons (Fsp3) is 0.562. The van der Waals surface area contributed by atoms with E-state index in [2.05, 4.69) is 0 Å². The van der Waals surface area contributed by atoms with Crippen molar-refractivity contribution in [1.29, 1.82) is 0 Å². The van der Waals surface area contributed by atoms with Crippen molar-refractivity contribution in [3.05, 3.63) is 24.3 Å². The van der Waals surface area contributed by atoms with E-state index >= 15 is 0 Å². The van der Waals surface area contributed by atoms with Gasteiger partial charge >= 0.3 is 0 Å². The highest BCUT2D eigenvalue weighted by atomic mass is 32.2. The summed E-state index contributed by atoms with van der Waals surface area (Å²) in [5.74, 6) is 0.121. The van der Waals surface area contributed by atoms with E-state index < -0.39 is 10.0 Å². The first-order chi connectivity index (χ1) is 11.0. The van der Waals surface area contributed by atoms with Gasteiger partial charge in [0.05, 0.1) is 4.90 Å². The summed E-state index contributed by atoms with van der Waals surface area (Å²) in [5, 5.41) is 0. The number of hydrogen-bond acceptors (Lipinski definition) is 4. The van der Waals surface area contributed by atoms with Gasteiger partial charge < -0.3 is 4.90 Å². The molecule has 1 aromatic rings. The molecule has 2 rings (SSSR count). The zero-order chi connectivity index (χ0) is 16.9. The molecule has 0 aliphatic carbocycles. The second-order valence-electron chi connectivity index (χ2n) is 5.56. The summed E-state index contributed by atoms with van der Waals surface area (Å²) in [4.78, 5) is 15.2. The highest BCUT2D eigenvalue weighted by molar-refractivity contribution is 7.98. The summed E-state index contributed by atoms with van der Waals surface area (Å²) in [6.07, 6.45) is 3.99. The van der Waals surface area contributed by atoms with Crippen LogP contribution in [0.4, 0.5) is 0 Å². The fourth-order valence-corrected chi connectivity index (χ4v) is 4.53. The average molecular weight is 357 g/mol. The van der Waals surface area contributed by atoms with Gasteiger partial charge in [0, 0.05) is 37.5 Å². The quantitative estimate of drug-likeness (QED) is 0.761. The molecule has 0 unspecified atom stereocenters. The molecule has 1 heterocycles. The molecule has 1 fully saturated rings. The van der Waals surface area contributed by atoms with Gasteiger partial charge in [-0.25, -0.2) is 8.42 Å². The molecule has 0 saturated carbocycles. The number of hydrogen-bond donors (Lipinski definition) is 0. The van der Waals surface area contributed by atoms with E-state index in [-0.39, 0.29) is 5.91 Å². The second kappa shape index (κ2) is 8.17. The van der Waals surface area contributed by atoms with Crippen molar-refractivity contribution in [3.63, 3.8) is 0 Å². The largest absolute Gasteiger partial charge is 0.341 e. The predicted molar refractivity (Wildman–Crippen MR) is 93.1 cm³/mol. The molecule has 0 bridgehead atoms. The van der Waals surface area contributed by atoms with Crippen LogP contribution in [-0.2, 0) is 14.8 Å². The molecule has 1 saturated heterocycles. The van der Waals surface area contributed by atoms with Gasteiger partial charge in [0.25, 0.3) is 0 Å². The number of nitrogens with zero attached hydrogens (tertiary/aromatic N) is 2. The predicted octanol–water partition coefficient (Wildman–Crippen LogP) is 2.43. The van der Waals surface area contributed by atoms with E-state index in [1.165, 1.54) is 4.31 Å². The third-order valence-corrected chi connectivity index (χ3v) is 6.63. The normalized spacial score (nSPS) is 17.0. The van der Waals surface area contributed by atoms with Crippen molar-refractivity contribution < 1.29 is 13.2 Å². The summed E-state index contributed by atoms with van der Waals surface area (Å²) >= 11 is 1.58. The van der Waals surface area contributed by atoms with Crippen molar-refractivity contribution in [3.8, 4) is 0 Å². The van der Waals surface area contributed by atoms with Crippen molar-refractivity contribution in [1.82, 2.24) is 9.21 Å². The Kier molecular flexibility index (Phi) is 6.50. The first kappa shape index (κ1) is 18.3. The average Bonchev–Trinajstić information content (AvgIpc) is 2.82. The monoisotopic (exact) mass is 356 g/mol. The first-order valence-electron chi connectivity index (χ1n) is 7.91. The minimum absolute atomic E-state index is 0.121. The van der Waals surface area contributed by atoms with E-state index in [0.29, 0.717) is 43.9 Å². The highest BCUT2D eigenvalue weighted by Crippen LogP contribution is 2.21. The van der Waals surface area contributed by atoms with Crippen LogP contribution in [0, 0.1) is 0 Å². The lowest BCUT2D eigenvalue weighted by atomic mass is 10.3. The Morgan fingerprint density at radius 3 is 2.43 bits per heavy atom. The second-order valence-corrected chi connectivity index (χ2v) is 8.38. The van der Waals surface area contributed by atoms with Gasteiger partial charge in [0.2, 0.25) is 15.9 Å². The SMILES string of the molecule is CCCC(=O)N1CCCN(S(=O)(=O)c2ccc(SC)cc2)CC1. The van der Waals surface area contributed by atoms with Gasteiger partial charge in [-0.3, -0.25) is 4.79 Å². The zero-order valence-corrected chi connectivity index (χ0v) is 15.3. The molecule has 1 aromatic carbocycles. The number of rotatable bonds is 5. The Morgan fingerprint density at radius 1 is 1.13 bits per heavy atom. The number of sulfonamides is 1. The molecule has 1 amide bonds. The van der Waals surface area contributed by atoms with E-state index in [1.54, 1.807) is 28.8 Å². The number of amides is 1. The van der Waals surface area contributed by atoms with Gasteiger partial charge in [0.1, 0.15) is 0 Å². The van der Waals surface area contributed by atoms with E-state index in [9.17, 15) is 13.2 Å². The Balaban J connectivity index is 2.09. The molecule has 23 heavy (non-hydrogen) atoms. The Morgan fingerprint density at radius 2 is 1.83 bits per heavy atom. The molecule has 7 heteroatoms. The Bertz CT molecular complexity index is 629. The topological polar surface area (TPSA) is 57.7 Å². The molecule has 1 aliphatic rings. The van der Waals surface area contributed by atoms with Crippen molar-refractivity contribution in [2.24, 2.45) is 0 Å². The Hall–Kier alpha value is -1.05. The van der Waals surface area contributed by atoms with Crippen LogP contribution in [-0.4, -0.2) is 56.0 Å². The summed E-state index contributed by atoms with van der Waals surface area (Å²) in [5.41, 5.74) is 0. The number of benzene rings is 1. The first-order valence-corrected chi connectivity index (χ1v) is 10.6. The van der Waals surface area contributed by atoms with Crippen LogP contribution >= 0.6 is 11.8 Å². The van der Waals surface area contributed by atoms with E-state index in [4.69, 9.17) is 0 Å². The lowest BCUT2D eigenvalue weighted by Gasteiger charge is -2.22. The summed E-state index contributed by atoms with van der Waals surface area (Å²) in [7, 11) is -3.49. The molecule has 5 nitrogen and oxygen atoms in total. The third kappa shape index (κ3) is 4.49. The van der Waals surface area contributed by atoms with Crippen LogP contribution in [0.25, 0.3) is 0 Å². The summed E-state index contributed by atoms with van der Waals surface area (Å²) < 4.78 is 27.0. The van der Waals surface area contributed by atoms with Crippen LogP contribution < -0.4 is 0 Å². The molecule has 128 valence electrons. The third-order valence-electron chi connectivity index (χ3n) is 3.97. The summed E-state index contributed by atoms with van der Waals surface area (Å²) in [6.45, 7) is 3.91. The lowest BCUT2D eigenvalue weighted by Crippen LogP contribution is -2.37. The van der Waals surface area contributed by atoms with Gasteiger partial charge in [-0.1, -0.05) is 6.92 Å². The van der Waals surface area contributed by atoms with Crippen molar-refractivity contribution in [2.75, 3.05) is 32.4 Å². The van der Waals surface area contributed by atoms with Crippen LogP contribution in [0.2, 0.25) is 0 Å². The summed E-state index contributed by atoms with van der Waals surface area (Å²) in [6, 6.07) is 6.97. The standard InChI is InChI=1S/C16H24N2O3S2/c1-3-5-16(19)17-10-4-11-18(13-12-17)23(20,21)15-8-6-14(22-2)7-9-15/h6-9H,3-5,10-13H2,1-2H3. The molecular weight excluding hydrogens is 332 g/mol. The maximum Gasteiger partial charge on any atom is 0.243 e. The van der Waals surface area contributed by atoms with E-state index in [1.807, 2.05) is 25.3 Å².